The summed E-state index contributed by atoms with van der Waals surface area (Å²) in [5.74, 6) is -1.82. The SMILES string of the molecule is CCN1CCN(CC)CCN(CC(=O)OCC(=O)N(C)C)CCN(CC(=O)[O-])CC1.[Gd+3]. The van der Waals surface area contributed by atoms with Gasteiger partial charge in [-0.2, -0.15) is 0 Å². The Morgan fingerprint density at radius 1 is 0.774 bits per heavy atom. The van der Waals surface area contributed by atoms with Gasteiger partial charge in [-0.05, 0) is 13.1 Å². The maximum absolute atomic E-state index is 12.2. The molecule has 1 rings (SSSR count). The van der Waals surface area contributed by atoms with Gasteiger partial charge in [0.05, 0.1) is 12.5 Å². The average Bonchev–Trinajstić information content (AvgIpc) is 2.69. The van der Waals surface area contributed by atoms with Gasteiger partial charge in [0.25, 0.3) is 5.91 Å². The minimum absolute atomic E-state index is 0. The van der Waals surface area contributed by atoms with Crippen molar-refractivity contribution >= 4 is 17.8 Å². The minimum atomic E-state index is -1.10. The molecule has 0 aromatic heterocycles. The summed E-state index contributed by atoms with van der Waals surface area (Å²) in [6, 6.07) is 0. The van der Waals surface area contributed by atoms with Gasteiger partial charge in [0.15, 0.2) is 6.61 Å². The second-order valence-electron chi connectivity index (χ2n) is 7.74. The van der Waals surface area contributed by atoms with Crippen molar-refractivity contribution in [3.05, 3.63) is 0 Å². The van der Waals surface area contributed by atoms with Crippen molar-refractivity contribution in [1.29, 1.82) is 0 Å². The molecule has 0 aromatic carbocycles. The summed E-state index contributed by atoms with van der Waals surface area (Å²) < 4.78 is 5.10. The second kappa shape index (κ2) is 17.1. The van der Waals surface area contributed by atoms with E-state index in [0.29, 0.717) is 26.2 Å². The van der Waals surface area contributed by atoms with E-state index in [1.807, 2.05) is 9.80 Å². The Morgan fingerprint density at radius 2 is 1.16 bits per heavy atom. The Labute approximate surface area is 218 Å². The Hall–Kier alpha value is -0.425. The number of rotatable bonds is 8. The molecule has 1 aliphatic rings. The van der Waals surface area contributed by atoms with E-state index in [9.17, 15) is 19.5 Å². The third kappa shape index (κ3) is 13.7. The number of nitrogens with zero attached hydrogens (tertiary/aromatic N) is 5. The van der Waals surface area contributed by atoms with Gasteiger partial charge in [-0.25, -0.2) is 0 Å². The van der Waals surface area contributed by atoms with E-state index in [4.69, 9.17) is 4.74 Å². The fourth-order valence-electron chi connectivity index (χ4n) is 3.21. The molecule has 1 saturated heterocycles. The zero-order chi connectivity index (χ0) is 22.5. The van der Waals surface area contributed by atoms with Crippen LogP contribution in [0.1, 0.15) is 13.8 Å². The molecule has 0 atom stereocenters. The minimum Gasteiger partial charge on any atom is -0.549 e. The van der Waals surface area contributed by atoms with Crippen LogP contribution in [-0.4, -0.2) is 142 Å². The quantitative estimate of drug-likeness (QED) is 0.290. The van der Waals surface area contributed by atoms with Crippen LogP contribution in [0, 0.1) is 39.9 Å². The molecular weight excluding hydrogens is 548 g/mol. The van der Waals surface area contributed by atoms with Crippen LogP contribution in [0.4, 0.5) is 0 Å². The Bertz CT molecular complexity index is 552. The zero-order valence-corrected chi connectivity index (χ0v) is 21.6. The molecule has 179 valence electrons. The van der Waals surface area contributed by atoms with Gasteiger partial charge in [0.2, 0.25) is 0 Å². The smallest absolute Gasteiger partial charge is 0.549 e. The summed E-state index contributed by atoms with van der Waals surface area (Å²) in [6.07, 6.45) is 0. The number of carbonyl (C=O) groups excluding carboxylic acids is 3. The van der Waals surface area contributed by atoms with Gasteiger partial charge in [-0.1, -0.05) is 13.8 Å². The van der Waals surface area contributed by atoms with E-state index in [0.717, 1.165) is 39.3 Å². The van der Waals surface area contributed by atoms with Crippen molar-refractivity contribution in [3.8, 4) is 0 Å². The normalized spacial score (nSPS) is 18.3. The van der Waals surface area contributed by atoms with Crippen molar-refractivity contribution in [2.75, 3.05) is 99.2 Å². The first-order valence-corrected chi connectivity index (χ1v) is 10.7. The molecule has 10 nitrogen and oxygen atoms in total. The van der Waals surface area contributed by atoms with Gasteiger partial charge >= 0.3 is 45.9 Å². The first-order valence-electron chi connectivity index (χ1n) is 10.7. The number of carbonyl (C=O) groups is 3. The number of aliphatic carboxylic acids is 1. The molecule has 1 aliphatic heterocycles. The van der Waals surface area contributed by atoms with E-state index >= 15 is 0 Å². The van der Waals surface area contributed by atoms with E-state index in [1.54, 1.807) is 14.1 Å². The maximum Gasteiger partial charge on any atom is 3.00 e. The van der Waals surface area contributed by atoms with Crippen LogP contribution in [-0.2, 0) is 19.1 Å². The van der Waals surface area contributed by atoms with E-state index < -0.39 is 11.9 Å². The summed E-state index contributed by atoms with van der Waals surface area (Å²) >= 11 is 0. The van der Waals surface area contributed by atoms with Crippen molar-refractivity contribution in [2.45, 2.75) is 13.8 Å². The van der Waals surface area contributed by atoms with Gasteiger partial charge in [0, 0.05) is 73.0 Å². The number of hydrogen-bond acceptors (Lipinski definition) is 9. The Kier molecular flexibility index (Phi) is 16.9. The van der Waals surface area contributed by atoms with Gasteiger partial charge < -0.3 is 29.3 Å². The zero-order valence-electron chi connectivity index (χ0n) is 19.3. The van der Waals surface area contributed by atoms with Crippen molar-refractivity contribution in [2.24, 2.45) is 0 Å². The van der Waals surface area contributed by atoms with E-state index in [-0.39, 0.29) is 65.5 Å². The fourth-order valence-corrected chi connectivity index (χ4v) is 3.21. The molecule has 0 spiro atoms. The van der Waals surface area contributed by atoms with Gasteiger partial charge in [-0.15, -0.1) is 0 Å². The van der Waals surface area contributed by atoms with Gasteiger partial charge in [0.1, 0.15) is 0 Å². The number of amides is 1. The standard InChI is InChI=1S/C20H39N5O5.Gd/c1-5-22-7-8-23(6-2)10-12-25(14-13-24(11-9-22)15-19(27)28)16-20(29)30-17-18(26)21(3)4;/h5-17H2,1-4H3,(H,27,28);/q;+3/p-1. The number of hydrogen-bond donors (Lipinski definition) is 0. The van der Waals surface area contributed by atoms with Crippen molar-refractivity contribution in [3.63, 3.8) is 0 Å². The van der Waals surface area contributed by atoms with Crippen molar-refractivity contribution in [1.82, 2.24) is 24.5 Å². The van der Waals surface area contributed by atoms with Gasteiger partial charge in [-0.3, -0.25) is 19.4 Å². The third-order valence-electron chi connectivity index (χ3n) is 5.39. The molecule has 0 bridgehead atoms. The summed E-state index contributed by atoms with van der Waals surface area (Å²) in [5.41, 5.74) is 0. The molecule has 1 amide bonds. The topological polar surface area (TPSA) is 99.7 Å². The number of esters is 1. The summed E-state index contributed by atoms with van der Waals surface area (Å²) in [5, 5.41) is 11.1. The van der Waals surface area contributed by atoms with Crippen LogP contribution in [0.2, 0.25) is 0 Å². The number of carboxylic acids is 1. The predicted molar refractivity (Wildman–Crippen MR) is 112 cm³/mol. The summed E-state index contributed by atoms with van der Waals surface area (Å²) in [6.45, 7) is 11.5. The van der Waals surface area contributed by atoms with Crippen molar-refractivity contribution < 1.29 is 64.2 Å². The molecule has 0 N–H and O–H groups in total. The maximum atomic E-state index is 12.2. The second-order valence-corrected chi connectivity index (χ2v) is 7.74. The first kappa shape index (κ1) is 30.6. The molecule has 0 aromatic rings. The molecular formula is C20H38GdN5O5+2. The largest absolute Gasteiger partial charge is 3.00 e. The van der Waals surface area contributed by atoms with Crippen LogP contribution in [0.15, 0.2) is 0 Å². The number of likely N-dealkylation sites (N-methyl/N-ethyl adjacent to an activating group) is 3. The molecule has 0 saturated carbocycles. The molecule has 0 aliphatic carbocycles. The Balaban J connectivity index is 0.00000900. The predicted octanol–water partition coefficient (Wildman–Crippen LogP) is -2.37. The molecule has 0 unspecified atom stereocenters. The number of carboxylic acid groups (broad SMARTS) is 1. The molecule has 1 heterocycles. The first-order chi connectivity index (χ1) is 14.2. The molecule has 1 radical (unpaired) electrons. The summed E-state index contributed by atoms with van der Waals surface area (Å²) in [4.78, 5) is 44.9. The van der Waals surface area contributed by atoms with E-state index in [1.165, 1.54) is 4.90 Å². The van der Waals surface area contributed by atoms with Crippen LogP contribution in [0.25, 0.3) is 0 Å². The van der Waals surface area contributed by atoms with Crippen LogP contribution in [0.3, 0.4) is 0 Å². The third-order valence-corrected chi connectivity index (χ3v) is 5.39. The number of ether oxygens (including phenoxy) is 1. The monoisotopic (exact) mass is 586 g/mol. The molecule has 1 fully saturated rings. The average molecular weight is 586 g/mol. The fraction of sp³-hybridized carbons (Fsp3) is 0.850. The summed E-state index contributed by atoms with van der Waals surface area (Å²) in [7, 11) is 3.22. The Morgan fingerprint density at radius 3 is 1.52 bits per heavy atom. The molecule has 31 heavy (non-hydrogen) atoms. The van der Waals surface area contributed by atoms with E-state index in [2.05, 4.69) is 23.6 Å². The molecule has 11 heteroatoms. The van der Waals surface area contributed by atoms with Crippen LogP contribution >= 0.6 is 0 Å². The van der Waals surface area contributed by atoms with Crippen LogP contribution in [0.5, 0.6) is 0 Å². The van der Waals surface area contributed by atoms with Crippen LogP contribution < -0.4 is 5.11 Å².